The standard InChI is InChI=1S/C8H6BrNO2S2/c9-6-2-1-5(14-6)7-10-4(3-13-7)8(11)12/h1-2,4H,3H2,(H,11,12). The first-order valence-electron chi connectivity index (χ1n) is 3.86. The number of aliphatic carboxylic acids is 1. The Morgan fingerprint density at radius 2 is 2.43 bits per heavy atom. The summed E-state index contributed by atoms with van der Waals surface area (Å²) < 4.78 is 1.04. The molecule has 0 amide bonds. The lowest BCUT2D eigenvalue weighted by Crippen LogP contribution is -2.17. The average molecular weight is 292 g/mol. The van der Waals surface area contributed by atoms with Crippen LogP contribution in [0.4, 0.5) is 0 Å². The van der Waals surface area contributed by atoms with E-state index in [1.54, 1.807) is 11.3 Å². The molecule has 74 valence electrons. The van der Waals surface area contributed by atoms with Crippen LogP contribution in [-0.4, -0.2) is 27.9 Å². The lowest BCUT2D eigenvalue weighted by atomic mass is 10.4. The number of thiophene rings is 1. The first-order chi connectivity index (χ1) is 6.66. The highest BCUT2D eigenvalue weighted by atomic mass is 79.9. The van der Waals surface area contributed by atoms with Crippen molar-refractivity contribution >= 4 is 50.0 Å². The number of hydrogen-bond donors (Lipinski definition) is 1. The maximum absolute atomic E-state index is 10.7. The third-order valence-corrected chi connectivity index (χ3v) is 4.56. The molecule has 0 spiro atoms. The van der Waals surface area contributed by atoms with Gasteiger partial charge in [0.25, 0.3) is 0 Å². The summed E-state index contributed by atoms with van der Waals surface area (Å²) in [5.41, 5.74) is 0. The molecule has 0 bridgehead atoms. The fraction of sp³-hybridized carbons (Fsp3) is 0.250. The van der Waals surface area contributed by atoms with Crippen molar-refractivity contribution < 1.29 is 9.90 Å². The predicted octanol–water partition coefficient (Wildman–Crippen LogP) is 2.46. The second-order valence-electron chi connectivity index (χ2n) is 2.70. The van der Waals surface area contributed by atoms with Crippen LogP contribution in [-0.2, 0) is 4.79 Å². The molecular weight excluding hydrogens is 286 g/mol. The van der Waals surface area contributed by atoms with E-state index in [0.717, 1.165) is 13.7 Å². The molecule has 14 heavy (non-hydrogen) atoms. The molecule has 0 aliphatic carbocycles. The highest BCUT2D eigenvalue weighted by Crippen LogP contribution is 2.30. The Labute approximate surface area is 97.4 Å². The quantitative estimate of drug-likeness (QED) is 0.911. The zero-order valence-electron chi connectivity index (χ0n) is 6.94. The summed E-state index contributed by atoms with van der Waals surface area (Å²) in [5, 5.41) is 9.60. The van der Waals surface area contributed by atoms with Gasteiger partial charge in [-0.25, -0.2) is 4.79 Å². The van der Waals surface area contributed by atoms with E-state index < -0.39 is 12.0 Å². The van der Waals surface area contributed by atoms with Crippen molar-refractivity contribution in [2.45, 2.75) is 6.04 Å². The number of thioether (sulfide) groups is 1. The van der Waals surface area contributed by atoms with Crippen molar-refractivity contribution in [3.63, 3.8) is 0 Å². The largest absolute Gasteiger partial charge is 0.480 e. The van der Waals surface area contributed by atoms with Gasteiger partial charge in [-0.15, -0.1) is 23.1 Å². The van der Waals surface area contributed by atoms with Gasteiger partial charge in [-0.05, 0) is 28.1 Å². The van der Waals surface area contributed by atoms with E-state index in [4.69, 9.17) is 5.11 Å². The summed E-state index contributed by atoms with van der Waals surface area (Å²) in [7, 11) is 0. The molecule has 0 fully saturated rings. The van der Waals surface area contributed by atoms with Gasteiger partial charge in [-0.3, -0.25) is 4.99 Å². The lowest BCUT2D eigenvalue weighted by molar-refractivity contribution is -0.137. The SMILES string of the molecule is O=C(O)C1CSC(c2ccc(Br)s2)=N1. The molecule has 1 atom stereocenters. The third-order valence-electron chi connectivity index (χ3n) is 1.72. The van der Waals surface area contributed by atoms with Gasteiger partial charge in [-0.1, -0.05) is 0 Å². The third kappa shape index (κ3) is 2.02. The number of carboxylic acid groups (broad SMARTS) is 1. The number of hydrogen-bond acceptors (Lipinski definition) is 4. The number of nitrogens with zero attached hydrogens (tertiary/aromatic N) is 1. The molecule has 2 heterocycles. The van der Waals surface area contributed by atoms with Crippen LogP contribution in [0.5, 0.6) is 0 Å². The molecule has 0 saturated carbocycles. The summed E-state index contributed by atoms with van der Waals surface area (Å²) in [6.45, 7) is 0. The van der Waals surface area contributed by atoms with E-state index in [1.165, 1.54) is 11.8 Å². The normalized spacial score (nSPS) is 20.9. The summed E-state index contributed by atoms with van der Waals surface area (Å²) in [6.07, 6.45) is 0. The van der Waals surface area contributed by atoms with Crippen LogP contribution in [0.2, 0.25) is 0 Å². The van der Waals surface area contributed by atoms with E-state index in [0.29, 0.717) is 5.75 Å². The van der Waals surface area contributed by atoms with Gasteiger partial charge in [0.05, 0.1) is 8.66 Å². The Morgan fingerprint density at radius 1 is 1.64 bits per heavy atom. The van der Waals surface area contributed by atoms with Crippen molar-refractivity contribution in [2.75, 3.05) is 5.75 Å². The lowest BCUT2D eigenvalue weighted by Gasteiger charge is -1.93. The summed E-state index contributed by atoms with van der Waals surface area (Å²) in [6, 6.07) is 3.32. The van der Waals surface area contributed by atoms with Gasteiger partial charge in [0.1, 0.15) is 5.04 Å². The zero-order chi connectivity index (χ0) is 10.1. The van der Waals surface area contributed by atoms with Crippen LogP contribution in [0, 0.1) is 0 Å². The Bertz CT molecular complexity index is 402. The minimum Gasteiger partial charge on any atom is -0.480 e. The molecule has 1 aliphatic heterocycles. The molecule has 1 aromatic heterocycles. The molecular formula is C8H6BrNO2S2. The minimum atomic E-state index is -0.844. The van der Waals surface area contributed by atoms with E-state index in [-0.39, 0.29) is 0 Å². The highest BCUT2D eigenvalue weighted by Gasteiger charge is 2.25. The van der Waals surface area contributed by atoms with Crippen molar-refractivity contribution in [2.24, 2.45) is 4.99 Å². The predicted molar refractivity (Wildman–Crippen MR) is 62.4 cm³/mol. The van der Waals surface area contributed by atoms with Gasteiger partial charge in [-0.2, -0.15) is 0 Å². The van der Waals surface area contributed by atoms with Crippen LogP contribution >= 0.6 is 39.0 Å². The smallest absolute Gasteiger partial charge is 0.329 e. The van der Waals surface area contributed by atoms with Gasteiger partial charge in [0, 0.05) is 5.75 Å². The highest BCUT2D eigenvalue weighted by molar-refractivity contribution is 9.11. The van der Waals surface area contributed by atoms with E-state index in [2.05, 4.69) is 20.9 Å². The van der Waals surface area contributed by atoms with Crippen LogP contribution < -0.4 is 0 Å². The Morgan fingerprint density at radius 3 is 2.93 bits per heavy atom. The molecule has 2 rings (SSSR count). The molecule has 0 saturated heterocycles. The van der Waals surface area contributed by atoms with E-state index in [9.17, 15) is 4.79 Å². The molecule has 0 aromatic carbocycles. The van der Waals surface area contributed by atoms with Crippen LogP contribution in [0.25, 0.3) is 0 Å². The maximum Gasteiger partial charge on any atom is 0.329 e. The van der Waals surface area contributed by atoms with Gasteiger partial charge in [0.2, 0.25) is 0 Å². The molecule has 1 aromatic rings. The van der Waals surface area contributed by atoms with Crippen LogP contribution in [0.15, 0.2) is 20.9 Å². The first kappa shape index (κ1) is 10.2. The van der Waals surface area contributed by atoms with Crippen molar-refractivity contribution in [3.8, 4) is 0 Å². The molecule has 3 nitrogen and oxygen atoms in total. The van der Waals surface area contributed by atoms with E-state index in [1.807, 2.05) is 12.1 Å². The fourth-order valence-electron chi connectivity index (χ4n) is 1.06. The zero-order valence-corrected chi connectivity index (χ0v) is 10.2. The topological polar surface area (TPSA) is 49.7 Å². The Hall–Kier alpha value is -0.330. The molecule has 1 N–H and O–H groups in total. The van der Waals surface area contributed by atoms with E-state index >= 15 is 0 Å². The number of carbonyl (C=O) groups is 1. The van der Waals surface area contributed by atoms with Crippen molar-refractivity contribution in [3.05, 3.63) is 20.8 Å². The maximum atomic E-state index is 10.7. The first-order valence-corrected chi connectivity index (χ1v) is 6.45. The molecule has 6 heteroatoms. The molecule has 1 unspecified atom stereocenters. The van der Waals surface area contributed by atoms with Gasteiger partial charge in [0.15, 0.2) is 6.04 Å². The second kappa shape index (κ2) is 4.04. The average Bonchev–Trinajstić information content (AvgIpc) is 2.70. The monoisotopic (exact) mass is 291 g/mol. The number of aliphatic imine (C=N–C) groups is 1. The summed E-state index contributed by atoms with van der Waals surface area (Å²) >= 11 is 6.44. The minimum absolute atomic E-state index is 0.542. The van der Waals surface area contributed by atoms with Gasteiger partial charge >= 0.3 is 5.97 Å². The Balaban J connectivity index is 2.21. The van der Waals surface area contributed by atoms with Crippen molar-refractivity contribution in [1.29, 1.82) is 0 Å². The number of halogens is 1. The second-order valence-corrected chi connectivity index (χ2v) is 6.17. The van der Waals surface area contributed by atoms with Crippen LogP contribution in [0.3, 0.4) is 0 Å². The van der Waals surface area contributed by atoms with Crippen molar-refractivity contribution in [1.82, 2.24) is 0 Å². The fourth-order valence-corrected chi connectivity index (χ4v) is 3.59. The molecule has 0 radical (unpaired) electrons. The summed E-state index contributed by atoms with van der Waals surface area (Å²) in [4.78, 5) is 15.8. The molecule has 1 aliphatic rings. The number of rotatable bonds is 2. The Kier molecular flexibility index (Phi) is 2.94. The summed E-state index contributed by atoms with van der Waals surface area (Å²) in [5.74, 6) is -0.302. The number of carboxylic acids is 1. The van der Waals surface area contributed by atoms with Crippen LogP contribution in [0.1, 0.15) is 4.88 Å². The van der Waals surface area contributed by atoms with Gasteiger partial charge < -0.3 is 5.11 Å².